The summed E-state index contributed by atoms with van der Waals surface area (Å²) in [5.41, 5.74) is 2.00. The summed E-state index contributed by atoms with van der Waals surface area (Å²) in [5.74, 6) is 1.04. The molecule has 0 atom stereocenters. The van der Waals surface area contributed by atoms with Crippen molar-refractivity contribution in [1.29, 1.82) is 0 Å². The van der Waals surface area contributed by atoms with Gasteiger partial charge in [-0.15, -0.1) is 0 Å². The molecule has 140 valence electrons. The molecule has 7 nitrogen and oxygen atoms in total. The molecule has 0 unspecified atom stereocenters. The molecule has 5 rings (SSSR count). The summed E-state index contributed by atoms with van der Waals surface area (Å²) in [6.45, 7) is 0. The normalized spacial score (nSPS) is 11.6. The second kappa shape index (κ2) is 7.40. The molecule has 0 aliphatic heterocycles. The van der Waals surface area contributed by atoms with Crippen LogP contribution in [0.15, 0.2) is 80.9 Å². The first-order valence-corrected chi connectivity index (χ1v) is 9.74. The van der Waals surface area contributed by atoms with Crippen LogP contribution in [0.1, 0.15) is 0 Å². The van der Waals surface area contributed by atoms with Crippen LogP contribution in [-0.4, -0.2) is 52.5 Å². The van der Waals surface area contributed by atoms with E-state index in [9.17, 15) is 13.0 Å². The van der Waals surface area contributed by atoms with Gasteiger partial charge in [0.25, 0.3) is 10.1 Å². The molecule has 0 bridgehead atoms. The SMILES string of the molecule is O=S(=O)(O)c1cccc2cc3nc(-c4ccco4)c(-c4ccco4)nc3cc12.[NaH]. The summed E-state index contributed by atoms with van der Waals surface area (Å²) in [5, 5.41) is 0.982. The zero-order valence-corrected chi connectivity index (χ0v) is 15.1. The van der Waals surface area contributed by atoms with Gasteiger partial charge in [0.1, 0.15) is 16.3 Å². The standard InChI is InChI=1S/C20H12N2O5S.Na.H/c23-28(24,25)18-7-1-4-12-10-14-15(11-13(12)18)22-20(17-6-3-9-27-17)19(21-14)16-5-2-8-26-16;;/h1-11H,(H,23,24,25);;. The van der Waals surface area contributed by atoms with Crippen LogP contribution in [0.5, 0.6) is 0 Å². The van der Waals surface area contributed by atoms with Crippen LogP contribution >= 0.6 is 0 Å². The number of fused-ring (bicyclic) bond motifs is 2. The third-order valence-electron chi connectivity index (χ3n) is 4.41. The Kier molecular flexibility index (Phi) is 5.05. The van der Waals surface area contributed by atoms with Crippen LogP contribution in [0, 0.1) is 0 Å². The van der Waals surface area contributed by atoms with Crippen molar-refractivity contribution in [3.8, 4) is 22.9 Å². The average molecular weight is 416 g/mol. The molecule has 0 fully saturated rings. The van der Waals surface area contributed by atoms with Crippen molar-refractivity contribution < 1.29 is 21.8 Å². The third-order valence-corrected chi connectivity index (χ3v) is 5.32. The van der Waals surface area contributed by atoms with Gasteiger partial charge in [0.2, 0.25) is 0 Å². The number of benzene rings is 2. The van der Waals surface area contributed by atoms with Crippen molar-refractivity contribution in [2.75, 3.05) is 0 Å². The molecule has 9 heteroatoms. The van der Waals surface area contributed by atoms with Crippen LogP contribution in [0.2, 0.25) is 0 Å². The van der Waals surface area contributed by atoms with Crippen LogP contribution in [0.3, 0.4) is 0 Å². The number of hydrogen-bond donors (Lipinski definition) is 1. The van der Waals surface area contributed by atoms with Gasteiger partial charge in [0.15, 0.2) is 11.5 Å². The van der Waals surface area contributed by atoms with Gasteiger partial charge in [-0.25, -0.2) is 9.97 Å². The average Bonchev–Trinajstić information content (AvgIpc) is 3.37. The first-order valence-electron chi connectivity index (χ1n) is 8.30. The Labute approximate surface area is 187 Å². The Morgan fingerprint density at radius 1 is 0.793 bits per heavy atom. The predicted octanol–water partition coefficient (Wildman–Crippen LogP) is 3.90. The van der Waals surface area contributed by atoms with Crippen molar-refractivity contribution in [2.45, 2.75) is 4.90 Å². The van der Waals surface area contributed by atoms with Crippen molar-refractivity contribution in [3.05, 3.63) is 67.1 Å². The Morgan fingerprint density at radius 3 is 1.90 bits per heavy atom. The van der Waals surface area contributed by atoms with E-state index in [-0.39, 0.29) is 34.5 Å². The van der Waals surface area contributed by atoms with E-state index < -0.39 is 10.1 Å². The molecule has 29 heavy (non-hydrogen) atoms. The van der Waals surface area contributed by atoms with E-state index in [2.05, 4.69) is 9.97 Å². The van der Waals surface area contributed by atoms with E-state index >= 15 is 0 Å². The summed E-state index contributed by atoms with van der Waals surface area (Å²) in [4.78, 5) is 9.16. The number of furan rings is 2. The van der Waals surface area contributed by atoms with Gasteiger partial charge in [-0.2, -0.15) is 8.42 Å². The molecule has 2 aromatic carbocycles. The molecule has 0 radical (unpaired) electrons. The van der Waals surface area contributed by atoms with E-state index in [0.29, 0.717) is 44.7 Å². The van der Waals surface area contributed by atoms with E-state index in [4.69, 9.17) is 8.83 Å². The van der Waals surface area contributed by atoms with E-state index in [0.717, 1.165) is 0 Å². The van der Waals surface area contributed by atoms with Crippen molar-refractivity contribution in [3.63, 3.8) is 0 Å². The molecule has 5 aromatic rings. The molecule has 0 saturated heterocycles. The molecular weight excluding hydrogens is 403 g/mol. The van der Waals surface area contributed by atoms with Gasteiger partial charge < -0.3 is 8.83 Å². The van der Waals surface area contributed by atoms with E-state index in [1.165, 1.54) is 12.3 Å². The Hall–Kier alpha value is -2.49. The van der Waals surface area contributed by atoms with Gasteiger partial charge in [-0.05, 0) is 47.9 Å². The minimum atomic E-state index is -4.38. The zero-order valence-electron chi connectivity index (χ0n) is 14.2. The molecule has 0 amide bonds. The molecule has 0 aliphatic rings. The van der Waals surface area contributed by atoms with Crippen molar-refractivity contribution in [1.82, 2.24) is 9.97 Å². The molecule has 3 heterocycles. The Morgan fingerprint density at radius 2 is 1.38 bits per heavy atom. The van der Waals surface area contributed by atoms with Gasteiger partial charge in [-0.3, -0.25) is 4.55 Å². The van der Waals surface area contributed by atoms with Crippen LogP contribution in [-0.2, 0) is 10.1 Å². The van der Waals surface area contributed by atoms with Crippen LogP contribution in [0.25, 0.3) is 44.7 Å². The maximum atomic E-state index is 11.7. The second-order valence-electron chi connectivity index (χ2n) is 6.17. The fourth-order valence-corrected chi connectivity index (χ4v) is 3.90. The minimum absolute atomic E-state index is 0. The molecule has 0 spiro atoms. The molecular formula is C20H13N2NaO5S. The van der Waals surface area contributed by atoms with Crippen molar-refractivity contribution in [2.24, 2.45) is 0 Å². The summed E-state index contributed by atoms with van der Waals surface area (Å²) in [7, 11) is -4.38. The maximum absolute atomic E-state index is 11.7. The Bertz CT molecular complexity index is 1430. The second-order valence-corrected chi connectivity index (χ2v) is 7.56. The molecule has 0 saturated carbocycles. The van der Waals surface area contributed by atoms with E-state index in [1.807, 2.05) is 0 Å². The fourth-order valence-electron chi connectivity index (χ4n) is 3.19. The quantitative estimate of drug-likeness (QED) is 0.270. The number of nitrogens with zero attached hydrogens (tertiary/aromatic N) is 2. The predicted molar refractivity (Wildman–Crippen MR) is 109 cm³/mol. The topological polar surface area (TPSA) is 106 Å². The molecule has 1 N–H and O–H groups in total. The number of hydrogen-bond acceptors (Lipinski definition) is 6. The summed E-state index contributed by atoms with van der Waals surface area (Å²) >= 11 is 0. The number of aromatic nitrogens is 2. The van der Waals surface area contributed by atoms with E-state index in [1.54, 1.807) is 54.8 Å². The summed E-state index contributed by atoms with van der Waals surface area (Å²) in [6.07, 6.45) is 3.08. The molecule has 3 aromatic heterocycles. The zero-order chi connectivity index (χ0) is 19.3. The fraction of sp³-hybridized carbons (Fsp3) is 0. The third kappa shape index (κ3) is 3.50. The summed E-state index contributed by atoms with van der Waals surface area (Å²) < 4.78 is 44.0. The Balaban J connectivity index is 0.00000205. The van der Waals surface area contributed by atoms with Crippen molar-refractivity contribution >= 4 is 61.5 Å². The first kappa shape index (κ1) is 19.8. The monoisotopic (exact) mass is 416 g/mol. The van der Waals surface area contributed by atoms with Crippen LogP contribution in [0.4, 0.5) is 0 Å². The molecule has 0 aliphatic carbocycles. The van der Waals surface area contributed by atoms with Gasteiger partial charge in [-0.1, -0.05) is 12.1 Å². The van der Waals surface area contributed by atoms with Gasteiger partial charge in [0, 0.05) is 5.39 Å². The van der Waals surface area contributed by atoms with Gasteiger partial charge in [0.05, 0.1) is 23.6 Å². The van der Waals surface area contributed by atoms with Crippen LogP contribution < -0.4 is 0 Å². The van der Waals surface area contributed by atoms with Gasteiger partial charge >= 0.3 is 29.6 Å². The summed E-state index contributed by atoms with van der Waals surface area (Å²) in [6, 6.07) is 15.0. The number of rotatable bonds is 3. The first-order chi connectivity index (χ1) is 13.5.